The Morgan fingerprint density at radius 2 is 2.07 bits per heavy atom. The third-order valence-electron chi connectivity index (χ3n) is 5.57. The largest absolute Gasteiger partial charge is 0.349 e. The van der Waals surface area contributed by atoms with Gasteiger partial charge in [-0.2, -0.15) is 5.10 Å². The molecule has 1 aromatic carbocycles. The average molecular weight is 395 g/mol. The SMILES string of the molecule is Cc1nc(C)c(CC(=O)NC2CCCc3c2cnn3-c2ccc(C)c(C)c2)s1. The summed E-state index contributed by atoms with van der Waals surface area (Å²) in [6, 6.07) is 6.47. The van der Waals surface area contributed by atoms with Gasteiger partial charge in [-0.3, -0.25) is 4.79 Å². The van der Waals surface area contributed by atoms with Crippen LogP contribution in [0.5, 0.6) is 0 Å². The van der Waals surface area contributed by atoms with E-state index >= 15 is 0 Å². The summed E-state index contributed by atoms with van der Waals surface area (Å²) in [4.78, 5) is 18.1. The molecule has 28 heavy (non-hydrogen) atoms. The van der Waals surface area contributed by atoms with E-state index in [2.05, 4.69) is 47.4 Å². The Hall–Kier alpha value is -2.47. The van der Waals surface area contributed by atoms with Crippen molar-refractivity contribution in [2.75, 3.05) is 0 Å². The zero-order chi connectivity index (χ0) is 19.8. The predicted octanol–water partition coefficient (Wildman–Crippen LogP) is 4.30. The highest BCUT2D eigenvalue weighted by molar-refractivity contribution is 7.11. The number of aryl methyl sites for hydroxylation is 4. The van der Waals surface area contributed by atoms with Gasteiger partial charge in [0.1, 0.15) is 0 Å². The summed E-state index contributed by atoms with van der Waals surface area (Å²) in [6.45, 7) is 8.20. The van der Waals surface area contributed by atoms with Crippen LogP contribution in [0.1, 0.15) is 56.8 Å². The lowest BCUT2D eigenvalue weighted by molar-refractivity contribution is -0.121. The van der Waals surface area contributed by atoms with Crippen LogP contribution in [0.15, 0.2) is 24.4 Å². The molecule has 1 N–H and O–H groups in total. The summed E-state index contributed by atoms with van der Waals surface area (Å²) in [7, 11) is 0. The number of nitrogens with zero attached hydrogens (tertiary/aromatic N) is 3. The number of hydrogen-bond acceptors (Lipinski definition) is 4. The lowest BCUT2D eigenvalue weighted by Crippen LogP contribution is -2.32. The lowest BCUT2D eigenvalue weighted by Gasteiger charge is -2.24. The fraction of sp³-hybridized carbons (Fsp3) is 0.409. The first-order chi connectivity index (χ1) is 13.4. The Labute approximate surface area is 169 Å². The second kappa shape index (κ2) is 7.51. The van der Waals surface area contributed by atoms with E-state index < -0.39 is 0 Å². The number of fused-ring (bicyclic) bond motifs is 1. The molecule has 0 spiro atoms. The van der Waals surface area contributed by atoms with Crippen molar-refractivity contribution in [2.45, 2.75) is 59.4 Å². The summed E-state index contributed by atoms with van der Waals surface area (Å²) < 4.78 is 2.04. The van der Waals surface area contributed by atoms with E-state index in [-0.39, 0.29) is 11.9 Å². The number of nitrogens with one attached hydrogen (secondary N) is 1. The second-order valence-corrected chi connectivity index (χ2v) is 8.95. The number of carbonyl (C=O) groups excluding carboxylic acids is 1. The van der Waals surface area contributed by atoms with Crippen LogP contribution < -0.4 is 5.32 Å². The Bertz CT molecular complexity index is 1030. The number of amides is 1. The zero-order valence-electron chi connectivity index (χ0n) is 16.9. The van der Waals surface area contributed by atoms with Crippen molar-refractivity contribution in [1.29, 1.82) is 0 Å². The first-order valence-electron chi connectivity index (χ1n) is 9.79. The molecule has 1 aliphatic rings. The van der Waals surface area contributed by atoms with Crippen LogP contribution in [0.3, 0.4) is 0 Å². The molecule has 2 aromatic heterocycles. The maximum atomic E-state index is 12.7. The number of thiazole rings is 1. The third kappa shape index (κ3) is 3.61. The van der Waals surface area contributed by atoms with Gasteiger partial charge >= 0.3 is 0 Å². The Balaban J connectivity index is 1.54. The van der Waals surface area contributed by atoms with Crippen LogP contribution >= 0.6 is 11.3 Å². The highest BCUT2D eigenvalue weighted by atomic mass is 32.1. The molecule has 1 aliphatic carbocycles. The maximum absolute atomic E-state index is 12.7. The zero-order valence-corrected chi connectivity index (χ0v) is 17.7. The number of aromatic nitrogens is 3. The normalized spacial score (nSPS) is 16.1. The number of hydrogen-bond donors (Lipinski definition) is 1. The van der Waals surface area contributed by atoms with Gasteiger partial charge in [0.25, 0.3) is 0 Å². The molecule has 0 radical (unpaired) electrons. The van der Waals surface area contributed by atoms with Gasteiger partial charge in [0, 0.05) is 16.1 Å². The molecule has 0 aliphatic heterocycles. The number of rotatable bonds is 4. The number of benzene rings is 1. The minimum absolute atomic E-state index is 0.0332. The van der Waals surface area contributed by atoms with Gasteiger partial charge in [0.2, 0.25) is 5.91 Å². The highest BCUT2D eigenvalue weighted by Gasteiger charge is 2.26. The van der Waals surface area contributed by atoms with Crippen LogP contribution in [0.2, 0.25) is 0 Å². The smallest absolute Gasteiger partial charge is 0.225 e. The fourth-order valence-corrected chi connectivity index (χ4v) is 4.85. The predicted molar refractivity (Wildman–Crippen MR) is 112 cm³/mol. The topological polar surface area (TPSA) is 59.8 Å². The van der Waals surface area contributed by atoms with Crippen molar-refractivity contribution >= 4 is 17.2 Å². The molecule has 0 saturated carbocycles. The summed E-state index contributed by atoms with van der Waals surface area (Å²) in [6.07, 6.45) is 5.32. The molecule has 1 atom stereocenters. The summed E-state index contributed by atoms with van der Waals surface area (Å²) >= 11 is 1.61. The van der Waals surface area contributed by atoms with E-state index in [0.717, 1.165) is 46.1 Å². The molecule has 2 heterocycles. The molecule has 5 nitrogen and oxygen atoms in total. The molecule has 3 aromatic rings. The van der Waals surface area contributed by atoms with Gasteiger partial charge in [-0.25, -0.2) is 9.67 Å². The highest BCUT2D eigenvalue weighted by Crippen LogP contribution is 2.31. The molecular weight excluding hydrogens is 368 g/mol. The molecule has 0 saturated heterocycles. The van der Waals surface area contributed by atoms with Gasteiger partial charge in [-0.15, -0.1) is 11.3 Å². The fourth-order valence-electron chi connectivity index (χ4n) is 3.92. The molecule has 0 bridgehead atoms. The van der Waals surface area contributed by atoms with E-state index in [0.29, 0.717) is 6.42 Å². The van der Waals surface area contributed by atoms with E-state index in [1.807, 2.05) is 24.7 Å². The quantitative estimate of drug-likeness (QED) is 0.718. The first-order valence-corrected chi connectivity index (χ1v) is 10.6. The monoisotopic (exact) mass is 394 g/mol. The third-order valence-corrected chi connectivity index (χ3v) is 6.65. The van der Waals surface area contributed by atoms with Crippen LogP contribution in [-0.4, -0.2) is 20.7 Å². The van der Waals surface area contributed by atoms with E-state index in [1.165, 1.54) is 16.8 Å². The van der Waals surface area contributed by atoms with Gasteiger partial charge < -0.3 is 5.32 Å². The Kier molecular flexibility index (Phi) is 5.06. The van der Waals surface area contributed by atoms with Gasteiger partial charge in [-0.1, -0.05) is 6.07 Å². The molecule has 1 amide bonds. The molecule has 4 rings (SSSR count). The van der Waals surface area contributed by atoms with Crippen molar-refractivity contribution in [2.24, 2.45) is 0 Å². The van der Waals surface area contributed by atoms with Crippen molar-refractivity contribution in [1.82, 2.24) is 20.1 Å². The van der Waals surface area contributed by atoms with Crippen molar-refractivity contribution in [3.63, 3.8) is 0 Å². The Morgan fingerprint density at radius 1 is 1.25 bits per heavy atom. The van der Waals surface area contributed by atoms with Crippen LogP contribution in [0, 0.1) is 27.7 Å². The second-order valence-electron chi connectivity index (χ2n) is 7.66. The van der Waals surface area contributed by atoms with E-state index in [1.54, 1.807) is 11.3 Å². The molecule has 0 fully saturated rings. The van der Waals surface area contributed by atoms with Crippen molar-refractivity contribution < 1.29 is 4.79 Å². The summed E-state index contributed by atoms with van der Waals surface area (Å²) in [5, 5.41) is 8.90. The minimum Gasteiger partial charge on any atom is -0.349 e. The van der Waals surface area contributed by atoms with Gasteiger partial charge in [0.05, 0.1) is 35.0 Å². The summed E-state index contributed by atoms with van der Waals surface area (Å²) in [5.41, 5.74) is 6.96. The number of carbonyl (C=O) groups is 1. The molecular formula is C22H26N4OS. The summed E-state index contributed by atoms with van der Waals surface area (Å²) in [5.74, 6) is 0.0588. The first kappa shape index (κ1) is 18.9. The van der Waals surface area contributed by atoms with Crippen molar-refractivity contribution in [3.8, 4) is 5.69 Å². The van der Waals surface area contributed by atoms with E-state index in [9.17, 15) is 4.79 Å². The van der Waals surface area contributed by atoms with Gasteiger partial charge in [-0.05, 0) is 70.2 Å². The minimum atomic E-state index is 0.0332. The molecule has 146 valence electrons. The molecule has 6 heteroatoms. The maximum Gasteiger partial charge on any atom is 0.225 e. The lowest BCUT2D eigenvalue weighted by atomic mass is 9.92. The average Bonchev–Trinajstić information content (AvgIpc) is 3.21. The standard InChI is InChI=1S/C22H26N4OS/c1-13-8-9-17(10-14(13)2)26-20-7-5-6-19(18(20)12-23-26)25-22(27)11-21-15(3)24-16(4)28-21/h8-10,12,19H,5-7,11H2,1-4H3,(H,25,27). The van der Waals surface area contributed by atoms with Gasteiger partial charge in [0.15, 0.2) is 0 Å². The molecule has 1 unspecified atom stereocenters. The van der Waals surface area contributed by atoms with Crippen LogP contribution in [0.25, 0.3) is 5.69 Å². The van der Waals surface area contributed by atoms with Crippen LogP contribution in [-0.2, 0) is 17.6 Å². The van der Waals surface area contributed by atoms with E-state index in [4.69, 9.17) is 0 Å². The van der Waals surface area contributed by atoms with Crippen molar-refractivity contribution in [3.05, 3.63) is 62.4 Å². The Morgan fingerprint density at radius 3 is 2.79 bits per heavy atom. The van der Waals surface area contributed by atoms with Crippen LogP contribution in [0.4, 0.5) is 0 Å².